The highest BCUT2D eigenvalue weighted by molar-refractivity contribution is 5.89. The second-order valence-electron chi connectivity index (χ2n) is 5.05. The molecule has 0 bridgehead atoms. The van der Waals surface area contributed by atoms with E-state index < -0.39 is 0 Å². The second kappa shape index (κ2) is 6.57. The standard InChI is InChI=1S/C15H22N2O2/c1-2-19-15(18)11-3-7-13(8-4-11)17-14-9-5-12(16)6-10-14/h3-4,7-8,12,14,17H,2,5-6,9-10,16H2,1H3. The van der Waals surface area contributed by atoms with E-state index in [9.17, 15) is 4.79 Å². The summed E-state index contributed by atoms with van der Waals surface area (Å²) in [5, 5.41) is 3.49. The van der Waals surface area contributed by atoms with Crippen molar-refractivity contribution in [2.24, 2.45) is 5.73 Å². The lowest BCUT2D eigenvalue weighted by molar-refractivity contribution is 0.0526. The molecule has 0 spiro atoms. The molecule has 0 unspecified atom stereocenters. The maximum Gasteiger partial charge on any atom is 0.338 e. The van der Waals surface area contributed by atoms with Gasteiger partial charge in [0.15, 0.2) is 0 Å². The smallest absolute Gasteiger partial charge is 0.338 e. The van der Waals surface area contributed by atoms with Crippen LogP contribution in [0.5, 0.6) is 0 Å². The zero-order valence-electron chi connectivity index (χ0n) is 11.4. The van der Waals surface area contributed by atoms with E-state index in [1.54, 1.807) is 12.1 Å². The predicted molar refractivity (Wildman–Crippen MR) is 76.3 cm³/mol. The molecule has 4 nitrogen and oxygen atoms in total. The van der Waals surface area contributed by atoms with Gasteiger partial charge in [-0.1, -0.05) is 0 Å². The molecular formula is C15H22N2O2. The van der Waals surface area contributed by atoms with Crippen LogP contribution in [-0.4, -0.2) is 24.7 Å². The molecule has 0 aliphatic heterocycles. The number of carbonyl (C=O) groups is 1. The minimum atomic E-state index is -0.266. The fourth-order valence-electron chi connectivity index (χ4n) is 2.42. The second-order valence-corrected chi connectivity index (χ2v) is 5.05. The van der Waals surface area contributed by atoms with Crippen molar-refractivity contribution in [2.45, 2.75) is 44.7 Å². The number of nitrogens with one attached hydrogen (secondary N) is 1. The van der Waals surface area contributed by atoms with E-state index in [-0.39, 0.29) is 5.97 Å². The van der Waals surface area contributed by atoms with Crippen LogP contribution in [0.2, 0.25) is 0 Å². The van der Waals surface area contributed by atoms with Gasteiger partial charge >= 0.3 is 5.97 Å². The molecule has 1 saturated carbocycles. The topological polar surface area (TPSA) is 64.3 Å². The highest BCUT2D eigenvalue weighted by Gasteiger charge is 2.18. The largest absolute Gasteiger partial charge is 0.462 e. The highest BCUT2D eigenvalue weighted by Crippen LogP contribution is 2.21. The first-order valence-electron chi connectivity index (χ1n) is 6.98. The van der Waals surface area contributed by atoms with E-state index in [0.717, 1.165) is 31.4 Å². The van der Waals surface area contributed by atoms with E-state index in [4.69, 9.17) is 10.5 Å². The highest BCUT2D eigenvalue weighted by atomic mass is 16.5. The molecule has 4 heteroatoms. The Morgan fingerprint density at radius 1 is 1.26 bits per heavy atom. The number of ether oxygens (including phenoxy) is 1. The maximum atomic E-state index is 11.5. The molecule has 1 aliphatic carbocycles. The molecule has 0 atom stereocenters. The van der Waals surface area contributed by atoms with Gasteiger partial charge in [0.25, 0.3) is 0 Å². The zero-order chi connectivity index (χ0) is 13.7. The monoisotopic (exact) mass is 262 g/mol. The fourth-order valence-corrected chi connectivity index (χ4v) is 2.42. The van der Waals surface area contributed by atoms with E-state index in [0.29, 0.717) is 24.3 Å². The van der Waals surface area contributed by atoms with Crippen molar-refractivity contribution in [1.82, 2.24) is 0 Å². The number of rotatable bonds is 4. The molecule has 1 aromatic carbocycles. The molecule has 1 aromatic rings. The molecule has 1 fully saturated rings. The molecule has 104 valence electrons. The van der Waals surface area contributed by atoms with Crippen molar-refractivity contribution in [3.63, 3.8) is 0 Å². The van der Waals surface area contributed by atoms with Crippen LogP contribution in [0.1, 0.15) is 43.0 Å². The van der Waals surface area contributed by atoms with Gasteiger partial charge in [-0.2, -0.15) is 0 Å². The van der Waals surface area contributed by atoms with Gasteiger partial charge in [0, 0.05) is 17.8 Å². The Morgan fingerprint density at radius 2 is 1.89 bits per heavy atom. The van der Waals surface area contributed by atoms with E-state index in [1.165, 1.54) is 0 Å². The molecule has 19 heavy (non-hydrogen) atoms. The van der Waals surface area contributed by atoms with Crippen LogP contribution < -0.4 is 11.1 Å². The Morgan fingerprint density at radius 3 is 2.47 bits per heavy atom. The fraction of sp³-hybridized carbons (Fsp3) is 0.533. The third-order valence-electron chi connectivity index (χ3n) is 3.54. The van der Waals surface area contributed by atoms with Gasteiger partial charge in [-0.3, -0.25) is 0 Å². The van der Waals surface area contributed by atoms with Gasteiger partial charge < -0.3 is 15.8 Å². The number of esters is 1. The molecule has 0 aromatic heterocycles. The summed E-state index contributed by atoms with van der Waals surface area (Å²) in [6.07, 6.45) is 4.39. The molecule has 0 heterocycles. The van der Waals surface area contributed by atoms with Gasteiger partial charge in [-0.25, -0.2) is 4.79 Å². The van der Waals surface area contributed by atoms with Crippen LogP contribution in [0.15, 0.2) is 24.3 Å². The molecule has 0 amide bonds. The van der Waals surface area contributed by atoms with Gasteiger partial charge in [0.2, 0.25) is 0 Å². The third kappa shape index (κ3) is 3.96. The van der Waals surface area contributed by atoms with Crippen molar-refractivity contribution >= 4 is 11.7 Å². The van der Waals surface area contributed by atoms with E-state index in [1.807, 2.05) is 19.1 Å². The van der Waals surface area contributed by atoms with Gasteiger partial charge in [-0.15, -0.1) is 0 Å². The first kappa shape index (κ1) is 13.9. The number of hydrogen-bond acceptors (Lipinski definition) is 4. The summed E-state index contributed by atoms with van der Waals surface area (Å²) in [5.74, 6) is -0.266. The number of anilines is 1. The molecule has 1 aliphatic rings. The van der Waals surface area contributed by atoms with Gasteiger partial charge in [-0.05, 0) is 56.9 Å². The average molecular weight is 262 g/mol. The number of benzene rings is 1. The number of nitrogens with two attached hydrogens (primary N) is 1. The summed E-state index contributed by atoms with van der Waals surface area (Å²) in [5.41, 5.74) is 7.54. The van der Waals surface area contributed by atoms with Crippen LogP contribution in [0.4, 0.5) is 5.69 Å². The summed E-state index contributed by atoms with van der Waals surface area (Å²) in [4.78, 5) is 11.5. The number of carbonyl (C=O) groups excluding carboxylic acids is 1. The Balaban J connectivity index is 1.90. The van der Waals surface area contributed by atoms with Crippen LogP contribution in [-0.2, 0) is 4.74 Å². The van der Waals surface area contributed by atoms with Crippen molar-refractivity contribution in [3.05, 3.63) is 29.8 Å². The van der Waals surface area contributed by atoms with Crippen LogP contribution in [0.25, 0.3) is 0 Å². The van der Waals surface area contributed by atoms with Crippen LogP contribution in [0, 0.1) is 0 Å². The van der Waals surface area contributed by atoms with Crippen LogP contribution >= 0.6 is 0 Å². The summed E-state index contributed by atoms with van der Waals surface area (Å²) < 4.78 is 4.96. The van der Waals surface area contributed by atoms with Crippen molar-refractivity contribution in [2.75, 3.05) is 11.9 Å². The van der Waals surface area contributed by atoms with Crippen molar-refractivity contribution < 1.29 is 9.53 Å². The Labute approximate surface area is 114 Å². The van der Waals surface area contributed by atoms with E-state index >= 15 is 0 Å². The zero-order valence-corrected chi connectivity index (χ0v) is 11.4. The lowest BCUT2D eigenvalue weighted by Crippen LogP contribution is -2.32. The van der Waals surface area contributed by atoms with Crippen molar-refractivity contribution in [1.29, 1.82) is 0 Å². The first-order valence-corrected chi connectivity index (χ1v) is 6.98. The summed E-state index contributed by atoms with van der Waals surface area (Å²) in [6, 6.07) is 8.32. The maximum absolute atomic E-state index is 11.5. The lowest BCUT2D eigenvalue weighted by Gasteiger charge is -2.27. The minimum Gasteiger partial charge on any atom is -0.462 e. The predicted octanol–water partition coefficient (Wildman–Crippen LogP) is 2.55. The summed E-state index contributed by atoms with van der Waals surface area (Å²) in [7, 11) is 0. The summed E-state index contributed by atoms with van der Waals surface area (Å²) in [6.45, 7) is 2.21. The molecule has 2 rings (SSSR count). The Kier molecular flexibility index (Phi) is 4.80. The van der Waals surface area contributed by atoms with Gasteiger partial charge in [0.05, 0.1) is 12.2 Å². The van der Waals surface area contributed by atoms with Crippen LogP contribution in [0.3, 0.4) is 0 Å². The van der Waals surface area contributed by atoms with E-state index in [2.05, 4.69) is 5.32 Å². The van der Waals surface area contributed by atoms with Gasteiger partial charge in [0.1, 0.15) is 0 Å². The minimum absolute atomic E-state index is 0.266. The molecule has 0 radical (unpaired) electrons. The Hall–Kier alpha value is -1.55. The summed E-state index contributed by atoms with van der Waals surface area (Å²) >= 11 is 0. The number of hydrogen-bond donors (Lipinski definition) is 2. The third-order valence-corrected chi connectivity index (χ3v) is 3.54. The van der Waals surface area contributed by atoms with Crippen molar-refractivity contribution in [3.8, 4) is 0 Å². The molecule has 3 N–H and O–H groups in total. The average Bonchev–Trinajstić information content (AvgIpc) is 2.42. The Bertz CT molecular complexity index is 409. The lowest BCUT2D eigenvalue weighted by atomic mass is 9.91. The molecule has 0 saturated heterocycles. The SMILES string of the molecule is CCOC(=O)c1ccc(NC2CCC(N)CC2)cc1. The first-order chi connectivity index (χ1) is 9.19. The normalized spacial score (nSPS) is 22.8. The molecular weight excluding hydrogens is 240 g/mol. The quantitative estimate of drug-likeness (QED) is 0.818.